The summed E-state index contributed by atoms with van der Waals surface area (Å²) < 4.78 is 0. The fraction of sp³-hybridized carbons (Fsp3) is 0.333. The Labute approximate surface area is 133 Å². The number of benzene rings is 1. The Hall–Kier alpha value is -0.780. The Kier molecular flexibility index (Phi) is 4.19. The lowest BCUT2D eigenvalue weighted by molar-refractivity contribution is 0.940. The van der Waals surface area contributed by atoms with Crippen molar-refractivity contribution in [1.82, 2.24) is 0 Å². The minimum atomic E-state index is 0.334. The van der Waals surface area contributed by atoms with Gasteiger partial charge in [-0.05, 0) is 30.7 Å². The maximum atomic E-state index is 4.52. The van der Waals surface area contributed by atoms with Gasteiger partial charge in [0.15, 0.2) is 0 Å². The lowest BCUT2D eigenvalue weighted by Gasteiger charge is -2.08. The van der Waals surface area contributed by atoms with Crippen molar-refractivity contribution < 1.29 is 0 Å². The van der Waals surface area contributed by atoms with Crippen molar-refractivity contribution in [2.45, 2.75) is 34.9 Å². The van der Waals surface area contributed by atoms with Crippen LogP contribution in [0, 0.1) is 0 Å². The van der Waals surface area contributed by atoms with Crippen LogP contribution in [0.25, 0.3) is 0 Å². The van der Waals surface area contributed by atoms with Crippen LogP contribution in [-0.2, 0) is 6.42 Å². The second-order valence-corrected chi connectivity index (χ2v) is 7.64. The lowest BCUT2D eigenvalue weighted by atomic mass is 10.2. The first-order valence-electron chi connectivity index (χ1n) is 6.78. The quantitative estimate of drug-likeness (QED) is 0.670. The molecule has 2 heterocycles. The highest BCUT2D eigenvalue weighted by molar-refractivity contribution is 8.00. The summed E-state index contributed by atoms with van der Waals surface area (Å²) in [6.07, 6.45) is 2.39. The Morgan fingerprint density at radius 3 is 2.95 bits per heavy atom. The zero-order valence-electron chi connectivity index (χ0n) is 11.6. The molecule has 2 N–H and O–H groups in total. The van der Waals surface area contributed by atoms with E-state index in [0.717, 1.165) is 10.6 Å². The third kappa shape index (κ3) is 2.67. The first kappa shape index (κ1) is 14.2. The molecule has 1 aromatic carbocycles. The molecule has 5 heteroatoms. The Morgan fingerprint density at radius 2 is 2.20 bits per heavy atom. The van der Waals surface area contributed by atoms with Gasteiger partial charge in [0.1, 0.15) is 5.37 Å². The molecule has 1 aliphatic heterocycles. The molecule has 0 radical (unpaired) electrons. The van der Waals surface area contributed by atoms with Crippen molar-refractivity contribution in [2.75, 3.05) is 17.7 Å². The number of fused-ring (bicyclic) bond motifs is 1. The zero-order chi connectivity index (χ0) is 14.1. The molecule has 2 nitrogen and oxygen atoms in total. The molecular weight excluding hydrogens is 304 g/mol. The fourth-order valence-corrected chi connectivity index (χ4v) is 5.03. The smallest absolute Gasteiger partial charge is 0.112 e. The number of anilines is 2. The van der Waals surface area contributed by atoms with Crippen LogP contribution in [-0.4, -0.2) is 7.05 Å². The molecule has 1 atom stereocenters. The summed E-state index contributed by atoms with van der Waals surface area (Å²) in [7, 11) is 1.93. The van der Waals surface area contributed by atoms with E-state index in [9.17, 15) is 0 Å². The topological polar surface area (TPSA) is 24.1 Å². The number of hydrogen-bond acceptors (Lipinski definition) is 5. The van der Waals surface area contributed by atoms with E-state index < -0.39 is 0 Å². The molecule has 1 unspecified atom stereocenters. The van der Waals surface area contributed by atoms with Crippen LogP contribution in [0.3, 0.4) is 0 Å². The van der Waals surface area contributed by atoms with Crippen LogP contribution in [0.2, 0.25) is 0 Å². The van der Waals surface area contributed by atoms with Crippen LogP contribution in [0.5, 0.6) is 0 Å². The van der Waals surface area contributed by atoms with E-state index in [4.69, 9.17) is 0 Å². The highest BCUT2D eigenvalue weighted by atomic mass is 32.2. The number of thioether (sulfide) groups is 1. The third-order valence-corrected chi connectivity index (χ3v) is 6.26. The number of nitrogens with one attached hydrogen (secondary N) is 2. The first-order valence-corrected chi connectivity index (χ1v) is 8.92. The second kappa shape index (κ2) is 5.92. The van der Waals surface area contributed by atoms with Crippen molar-refractivity contribution in [3.05, 3.63) is 34.0 Å². The maximum absolute atomic E-state index is 4.52. The molecule has 0 fully saturated rings. The summed E-state index contributed by atoms with van der Waals surface area (Å²) in [5, 5.41) is 7.11. The highest BCUT2D eigenvalue weighted by Crippen LogP contribution is 2.50. The van der Waals surface area contributed by atoms with Crippen LogP contribution in [0.4, 0.5) is 11.4 Å². The van der Waals surface area contributed by atoms with E-state index in [2.05, 4.69) is 54.5 Å². The monoisotopic (exact) mass is 322 g/mol. The van der Waals surface area contributed by atoms with Gasteiger partial charge in [-0.2, -0.15) is 0 Å². The minimum Gasteiger partial charge on any atom is -0.387 e. The molecule has 0 saturated heterocycles. The van der Waals surface area contributed by atoms with Crippen LogP contribution in [0.1, 0.15) is 28.5 Å². The van der Waals surface area contributed by atoms with Crippen molar-refractivity contribution in [2.24, 2.45) is 0 Å². The minimum absolute atomic E-state index is 0.334. The molecule has 0 saturated carbocycles. The third-order valence-electron chi connectivity index (χ3n) is 3.34. The second-order valence-electron chi connectivity index (χ2n) is 4.81. The van der Waals surface area contributed by atoms with E-state index in [0.29, 0.717) is 5.37 Å². The summed E-state index contributed by atoms with van der Waals surface area (Å²) in [6, 6.07) is 8.80. The van der Waals surface area contributed by atoms with Gasteiger partial charge in [0.25, 0.3) is 0 Å². The average Bonchev–Trinajstić information content (AvgIpc) is 3.04. The summed E-state index contributed by atoms with van der Waals surface area (Å²) in [6.45, 7) is 2.23. The molecule has 3 rings (SSSR count). The van der Waals surface area contributed by atoms with E-state index in [-0.39, 0.29) is 0 Å². The van der Waals surface area contributed by atoms with E-state index in [1.54, 1.807) is 0 Å². The highest BCUT2D eigenvalue weighted by Gasteiger charge is 2.25. The van der Waals surface area contributed by atoms with Gasteiger partial charge < -0.3 is 10.6 Å². The Balaban J connectivity index is 1.82. The fourth-order valence-electron chi connectivity index (χ4n) is 2.32. The molecule has 20 heavy (non-hydrogen) atoms. The van der Waals surface area contributed by atoms with Gasteiger partial charge in [-0.25, -0.2) is 0 Å². The van der Waals surface area contributed by atoms with Crippen LogP contribution >= 0.6 is 35.7 Å². The van der Waals surface area contributed by atoms with E-state index >= 15 is 0 Å². The average molecular weight is 323 g/mol. The normalized spacial score (nSPS) is 16.9. The predicted molar refractivity (Wildman–Crippen MR) is 93.8 cm³/mol. The standard InChI is InChI=1S/C15H18N2S3/c1-3-4-9-5-6-13(19-9)15-17-11-7-12(18)10(16-2)8-14(11)20-15/h5-8,15-18H,3-4H2,1-2H3. The van der Waals surface area contributed by atoms with E-state index in [1.165, 1.54) is 33.2 Å². The van der Waals surface area contributed by atoms with Gasteiger partial charge in [-0.3, -0.25) is 0 Å². The van der Waals surface area contributed by atoms with E-state index in [1.807, 2.05) is 30.1 Å². The van der Waals surface area contributed by atoms with Crippen molar-refractivity contribution in [3.63, 3.8) is 0 Å². The molecule has 0 aliphatic carbocycles. The van der Waals surface area contributed by atoms with Crippen LogP contribution in [0.15, 0.2) is 34.1 Å². The lowest BCUT2D eigenvalue weighted by Crippen LogP contribution is -1.98. The predicted octanol–water partition coefficient (Wildman–Crippen LogP) is 5.25. The van der Waals surface area contributed by atoms with Crippen LogP contribution < -0.4 is 10.6 Å². The molecule has 0 amide bonds. The Morgan fingerprint density at radius 1 is 1.35 bits per heavy atom. The molecule has 106 valence electrons. The Bertz CT molecular complexity index is 622. The summed E-state index contributed by atoms with van der Waals surface area (Å²) in [4.78, 5) is 5.16. The molecule has 1 aromatic heterocycles. The zero-order valence-corrected chi connectivity index (χ0v) is 14.1. The number of rotatable bonds is 4. The van der Waals surface area contributed by atoms with Gasteiger partial charge in [-0.1, -0.05) is 25.1 Å². The largest absolute Gasteiger partial charge is 0.387 e. The van der Waals surface area contributed by atoms with Crippen molar-refractivity contribution in [1.29, 1.82) is 0 Å². The SMILES string of the molecule is CCCc1ccc(C2Nc3cc(S)c(NC)cc3S2)s1. The number of thiol groups is 1. The van der Waals surface area contributed by atoms with Gasteiger partial charge in [0, 0.05) is 32.3 Å². The number of aryl methyl sites for hydroxylation is 1. The number of hydrogen-bond donors (Lipinski definition) is 3. The van der Waals surface area contributed by atoms with Gasteiger partial charge in [0.2, 0.25) is 0 Å². The molecule has 0 spiro atoms. The summed E-state index contributed by atoms with van der Waals surface area (Å²) >= 11 is 8.32. The maximum Gasteiger partial charge on any atom is 0.112 e. The first-order chi connectivity index (χ1) is 9.71. The molecule has 2 aromatic rings. The van der Waals surface area contributed by atoms with Gasteiger partial charge in [-0.15, -0.1) is 24.0 Å². The number of thiophene rings is 1. The molecule has 0 bridgehead atoms. The van der Waals surface area contributed by atoms with Crippen molar-refractivity contribution >= 4 is 47.1 Å². The summed E-state index contributed by atoms with van der Waals surface area (Å²) in [5.41, 5.74) is 2.27. The molecular formula is C15H18N2S3. The molecule has 1 aliphatic rings. The van der Waals surface area contributed by atoms with Crippen molar-refractivity contribution in [3.8, 4) is 0 Å². The van der Waals surface area contributed by atoms with Gasteiger partial charge in [0.05, 0.1) is 5.69 Å². The summed E-state index contributed by atoms with van der Waals surface area (Å²) in [5.74, 6) is 0. The van der Waals surface area contributed by atoms with Gasteiger partial charge >= 0.3 is 0 Å².